The number of carbonyl (C=O) groups excluding carboxylic acids is 1. The van der Waals surface area contributed by atoms with E-state index in [9.17, 15) is 4.79 Å². The normalized spacial score (nSPS) is 26.2. The maximum atomic E-state index is 10.9. The van der Waals surface area contributed by atoms with E-state index in [0.717, 1.165) is 24.8 Å². The standard InChI is InChI=1S/C9H14O3/c1-11-8-5-3-4-7(8)6-9(10)12-2/h6,8H,3-5H2,1-2H3/b7-6-. The van der Waals surface area contributed by atoms with Crippen molar-refractivity contribution in [3.05, 3.63) is 11.6 Å². The van der Waals surface area contributed by atoms with Crippen LogP contribution in [0.2, 0.25) is 0 Å². The Balaban J connectivity index is 2.60. The number of hydrogen-bond donors (Lipinski definition) is 0. The molecule has 0 bridgehead atoms. The molecule has 0 aliphatic heterocycles. The lowest BCUT2D eigenvalue weighted by Crippen LogP contribution is -2.08. The molecule has 0 saturated heterocycles. The molecule has 1 fully saturated rings. The fourth-order valence-corrected chi connectivity index (χ4v) is 1.48. The summed E-state index contributed by atoms with van der Waals surface area (Å²) >= 11 is 0. The van der Waals surface area contributed by atoms with Crippen molar-refractivity contribution in [3.8, 4) is 0 Å². The minimum Gasteiger partial charge on any atom is -0.466 e. The third kappa shape index (κ3) is 2.08. The topological polar surface area (TPSA) is 35.5 Å². The number of esters is 1. The summed E-state index contributed by atoms with van der Waals surface area (Å²) in [5.74, 6) is -0.283. The van der Waals surface area contributed by atoms with Gasteiger partial charge in [0.05, 0.1) is 13.2 Å². The molecule has 0 N–H and O–H groups in total. The number of methoxy groups -OCH3 is 2. The molecule has 1 saturated carbocycles. The van der Waals surface area contributed by atoms with Gasteiger partial charge in [-0.15, -0.1) is 0 Å². The molecule has 1 aliphatic rings. The minimum atomic E-state index is -0.283. The molecule has 3 heteroatoms. The van der Waals surface area contributed by atoms with Gasteiger partial charge in [-0.3, -0.25) is 0 Å². The summed E-state index contributed by atoms with van der Waals surface area (Å²) in [6.45, 7) is 0. The van der Waals surface area contributed by atoms with Gasteiger partial charge >= 0.3 is 5.97 Å². The van der Waals surface area contributed by atoms with Crippen LogP contribution in [0.15, 0.2) is 11.6 Å². The summed E-state index contributed by atoms with van der Waals surface area (Å²) in [5.41, 5.74) is 1.06. The number of ether oxygens (including phenoxy) is 2. The van der Waals surface area contributed by atoms with Crippen LogP contribution in [0.5, 0.6) is 0 Å². The van der Waals surface area contributed by atoms with E-state index >= 15 is 0 Å². The molecule has 68 valence electrons. The van der Waals surface area contributed by atoms with Gasteiger partial charge in [-0.25, -0.2) is 4.79 Å². The van der Waals surface area contributed by atoms with Crippen LogP contribution in [-0.4, -0.2) is 26.3 Å². The van der Waals surface area contributed by atoms with Crippen LogP contribution in [0.25, 0.3) is 0 Å². The van der Waals surface area contributed by atoms with Crippen molar-refractivity contribution in [3.63, 3.8) is 0 Å². The average Bonchev–Trinajstić information content (AvgIpc) is 2.51. The third-order valence-electron chi connectivity index (χ3n) is 2.13. The Kier molecular flexibility index (Phi) is 3.29. The second-order valence-electron chi connectivity index (χ2n) is 2.86. The van der Waals surface area contributed by atoms with Crippen LogP contribution in [0.1, 0.15) is 19.3 Å². The Morgan fingerprint density at radius 1 is 1.58 bits per heavy atom. The summed E-state index contributed by atoms with van der Waals surface area (Å²) in [6.07, 6.45) is 4.74. The molecule has 0 radical (unpaired) electrons. The van der Waals surface area contributed by atoms with E-state index in [-0.39, 0.29) is 12.1 Å². The highest BCUT2D eigenvalue weighted by atomic mass is 16.5. The smallest absolute Gasteiger partial charge is 0.330 e. The Morgan fingerprint density at radius 3 is 2.92 bits per heavy atom. The Hall–Kier alpha value is -0.830. The monoisotopic (exact) mass is 170 g/mol. The minimum absolute atomic E-state index is 0.129. The zero-order chi connectivity index (χ0) is 8.97. The van der Waals surface area contributed by atoms with Gasteiger partial charge in [-0.2, -0.15) is 0 Å². The summed E-state index contributed by atoms with van der Waals surface area (Å²) < 4.78 is 9.73. The van der Waals surface area contributed by atoms with Crippen molar-refractivity contribution >= 4 is 5.97 Å². The van der Waals surface area contributed by atoms with Crippen LogP contribution >= 0.6 is 0 Å². The Bertz CT molecular complexity index is 196. The van der Waals surface area contributed by atoms with Crippen LogP contribution < -0.4 is 0 Å². The first-order chi connectivity index (χ1) is 5.77. The first-order valence-corrected chi connectivity index (χ1v) is 4.09. The van der Waals surface area contributed by atoms with Crippen LogP contribution in [0, 0.1) is 0 Å². The van der Waals surface area contributed by atoms with Gasteiger partial charge in [0.15, 0.2) is 0 Å². The quantitative estimate of drug-likeness (QED) is 0.462. The zero-order valence-corrected chi connectivity index (χ0v) is 7.50. The van der Waals surface area contributed by atoms with Crippen LogP contribution in [-0.2, 0) is 14.3 Å². The first kappa shape index (κ1) is 9.26. The van der Waals surface area contributed by atoms with Gasteiger partial charge in [-0.1, -0.05) is 0 Å². The largest absolute Gasteiger partial charge is 0.466 e. The molecule has 12 heavy (non-hydrogen) atoms. The van der Waals surface area contributed by atoms with E-state index in [4.69, 9.17) is 4.74 Å². The second-order valence-corrected chi connectivity index (χ2v) is 2.86. The van der Waals surface area contributed by atoms with Gasteiger partial charge in [-0.05, 0) is 24.8 Å². The lowest BCUT2D eigenvalue weighted by molar-refractivity contribution is -0.134. The van der Waals surface area contributed by atoms with E-state index in [1.165, 1.54) is 7.11 Å². The molecule has 1 atom stereocenters. The fourth-order valence-electron chi connectivity index (χ4n) is 1.48. The highest BCUT2D eigenvalue weighted by molar-refractivity contribution is 5.82. The van der Waals surface area contributed by atoms with E-state index in [1.807, 2.05) is 0 Å². The predicted molar refractivity (Wildman–Crippen MR) is 44.7 cm³/mol. The second kappa shape index (κ2) is 4.26. The lowest BCUT2D eigenvalue weighted by atomic mass is 10.2. The molecule has 0 spiro atoms. The van der Waals surface area contributed by atoms with Crippen molar-refractivity contribution < 1.29 is 14.3 Å². The van der Waals surface area contributed by atoms with E-state index in [2.05, 4.69) is 4.74 Å². The molecule has 3 nitrogen and oxygen atoms in total. The predicted octanol–water partition coefficient (Wildman–Crippen LogP) is 1.28. The summed E-state index contributed by atoms with van der Waals surface area (Å²) in [6, 6.07) is 0. The average molecular weight is 170 g/mol. The van der Waals surface area contributed by atoms with Crippen molar-refractivity contribution in [2.75, 3.05) is 14.2 Å². The molecule has 0 amide bonds. The molecule has 1 unspecified atom stereocenters. The molecular weight excluding hydrogens is 156 g/mol. The molecule has 0 aromatic rings. The van der Waals surface area contributed by atoms with E-state index in [1.54, 1.807) is 13.2 Å². The van der Waals surface area contributed by atoms with Gasteiger partial charge < -0.3 is 9.47 Å². The highest BCUT2D eigenvalue weighted by Gasteiger charge is 2.20. The molecule has 0 heterocycles. The first-order valence-electron chi connectivity index (χ1n) is 4.09. The summed E-state index contributed by atoms with van der Waals surface area (Å²) in [4.78, 5) is 10.9. The van der Waals surface area contributed by atoms with Crippen LogP contribution in [0.3, 0.4) is 0 Å². The van der Waals surface area contributed by atoms with E-state index < -0.39 is 0 Å². The molecular formula is C9H14O3. The molecule has 0 aromatic carbocycles. The third-order valence-corrected chi connectivity index (χ3v) is 2.13. The molecule has 0 aromatic heterocycles. The van der Waals surface area contributed by atoms with Gasteiger partial charge in [0.2, 0.25) is 0 Å². The highest BCUT2D eigenvalue weighted by Crippen LogP contribution is 2.26. The number of carbonyl (C=O) groups is 1. The molecule has 1 rings (SSSR count). The van der Waals surface area contributed by atoms with Crippen LogP contribution in [0.4, 0.5) is 0 Å². The van der Waals surface area contributed by atoms with Gasteiger partial charge in [0.25, 0.3) is 0 Å². The fraction of sp³-hybridized carbons (Fsp3) is 0.667. The zero-order valence-electron chi connectivity index (χ0n) is 7.50. The SMILES string of the molecule is COC(=O)/C=C1/CCCC1OC. The number of hydrogen-bond acceptors (Lipinski definition) is 3. The maximum Gasteiger partial charge on any atom is 0.330 e. The summed E-state index contributed by atoms with van der Waals surface area (Å²) in [5, 5.41) is 0. The van der Waals surface area contributed by atoms with Gasteiger partial charge in [0.1, 0.15) is 0 Å². The van der Waals surface area contributed by atoms with Crippen molar-refractivity contribution in [2.24, 2.45) is 0 Å². The molecule has 1 aliphatic carbocycles. The van der Waals surface area contributed by atoms with Gasteiger partial charge in [0, 0.05) is 13.2 Å². The van der Waals surface area contributed by atoms with Crippen molar-refractivity contribution in [2.45, 2.75) is 25.4 Å². The van der Waals surface area contributed by atoms with Crippen molar-refractivity contribution in [1.29, 1.82) is 0 Å². The Labute approximate surface area is 72.4 Å². The van der Waals surface area contributed by atoms with E-state index in [0.29, 0.717) is 0 Å². The lowest BCUT2D eigenvalue weighted by Gasteiger charge is -2.08. The van der Waals surface area contributed by atoms with Crippen molar-refractivity contribution in [1.82, 2.24) is 0 Å². The maximum absolute atomic E-state index is 10.9. The number of rotatable bonds is 2. The Morgan fingerprint density at radius 2 is 2.33 bits per heavy atom. The summed E-state index contributed by atoms with van der Waals surface area (Å²) in [7, 11) is 3.05.